The van der Waals surface area contributed by atoms with Crippen LogP contribution in [0.5, 0.6) is 5.75 Å². The van der Waals surface area contributed by atoms with E-state index in [1.807, 2.05) is 6.07 Å². The fourth-order valence-corrected chi connectivity index (χ4v) is 3.38. The van der Waals surface area contributed by atoms with Gasteiger partial charge in [-0.1, -0.05) is 11.6 Å². The second kappa shape index (κ2) is 6.83. The van der Waals surface area contributed by atoms with Crippen molar-refractivity contribution in [3.63, 3.8) is 0 Å². The molecule has 0 saturated heterocycles. The number of carbonyl (C=O) groups excluding carboxylic acids is 1. The van der Waals surface area contributed by atoms with E-state index < -0.39 is 6.10 Å². The Bertz CT molecular complexity index is 760. The Morgan fingerprint density at radius 1 is 1.38 bits per heavy atom. The first kappa shape index (κ1) is 16.8. The summed E-state index contributed by atoms with van der Waals surface area (Å²) in [5.74, 6) is 0.496. The second-order valence-electron chi connectivity index (χ2n) is 5.73. The molecule has 24 heavy (non-hydrogen) atoms. The summed E-state index contributed by atoms with van der Waals surface area (Å²) in [5, 5.41) is 4.78. The highest BCUT2D eigenvalue weighted by atomic mass is 35.5. The average molecular weight is 350 g/mol. The van der Waals surface area contributed by atoms with Crippen LogP contribution in [0.15, 0.2) is 24.5 Å². The van der Waals surface area contributed by atoms with Crippen molar-refractivity contribution >= 4 is 23.2 Å². The Labute approximate surface area is 145 Å². The number of amides is 1. The molecule has 0 radical (unpaired) electrons. The van der Waals surface area contributed by atoms with E-state index in [0.717, 1.165) is 29.7 Å². The van der Waals surface area contributed by atoms with Crippen molar-refractivity contribution in [2.24, 2.45) is 7.05 Å². The van der Waals surface area contributed by atoms with E-state index in [0.29, 0.717) is 17.3 Å². The van der Waals surface area contributed by atoms with Crippen LogP contribution in [-0.2, 0) is 23.0 Å². The van der Waals surface area contributed by atoms with Gasteiger partial charge in [0.1, 0.15) is 5.75 Å². The van der Waals surface area contributed by atoms with Gasteiger partial charge in [0, 0.05) is 37.5 Å². The van der Waals surface area contributed by atoms with E-state index in [1.165, 1.54) is 7.11 Å². The normalized spacial score (nSPS) is 15.1. The molecule has 1 aliphatic heterocycles. The zero-order valence-electron chi connectivity index (χ0n) is 14.0. The number of halogens is 1. The highest BCUT2D eigenvalue weighted by molar-refractivity contribution is 6.32. The minimum absolute atomic E-state index is 0.146. The molecule has 1 amide bonds. The van der Waals surface area contributed by atoms with Crippen LogP contribution in [0, 0.1) is 0 Å². The van der Waals surface area contributed by atoms with Crippen LogP contribution in [0.3, 0.4) is 0 Å². The Hall–Kier alpha value is -2.05. The minimum atomic E-state index is -0.715. The van der Waals surface area contributed by atoms with E-state index in [9.17, 15) is 4.79 Å². The minimum Gasteiger partial charge on any atom is -0.495 e. The maximum atomic E-state index is 13.1. The van der Waals surface area contributed by atoms with Crippen molar-refractivity contribution in [3.05, 3.63) is 40.7 Å². The summed E-state index contributed by atoms with van der Waals surface area (Å²) in [5.41, 5.74) is 2.40. The molecule has 1 atom stereocenters. The van der Waals surface area contributed by atoms with Gasteiger partial charge in [0.05, 0.1) is 19.0 Å². The van der Waals surface area contributed by atoms with E-state index in [4.69, 9.17) is 21.1 Å². The third kappa shape index (κ3) is 2.87. The van der Waals surface area contributed by atoms with Gasteiger partial charge in [-0.25, -0.2) is 0 Å². The van der Waals surface area contributed by atoms with Crippen LogP contribution in [0.4, 0.5) is 5.69 Å². The molecule has 0 N–H and O–H groups in total. The van der Waals surface area contributed by atoms with Gasteiger partial charge in [0.15, 0.2) is 6.10 Å². The Balaban J connectivity index is 2.02. The lowest BCUT2D eigenvalue weighted by Gasteiger charge is -2.33. The first-order chi connectivity index (χ1) is 11.6. The predicted octanol–water partition coefficient (Wildman–Crippen LogP) is 2.75. The first-order valence-corrected chi connectivity index (χ1v) is 8.12. The number of anilines is 1. The number of aromatic nitrogens is 2. The number of nitrogens with zero attached hydrogens (tertiary/aromatic N) is 3. The van der Waals surface area contributed by atoms with Crippen LogP contribution < -0.4 is 9.64 Å². The molecular weight excluding hydrogens is 330 g/mol. The third-order valence-electron chi connectivity index (χ3n) is 4.24. The summed E-state index contributed by atoms with van der Waals surface area (Å²) in [7, 11) is 4.92. The van der Waals surface area contributed by atoms with Crippen molar-refractivity contribution in [3.8, 4) is 5.75 Å². The van der Waals surface area contributed by atoms with Crippen molar-refractivity contribution in [2.45, 2.75) is 18.9 Å². The number of hydrogen-bond donors (Lipinski definition) is 0. The van der Waals surface area contributed by atoms with Crippen LogP contribution in [-0.4, -0.2) is 36.5 Å². The van der Waals surface area contributed by atoms with Gasteiger partial charge in [-0.15, -0.1) is 0 Å². The molecule has 3 rings (SSSR count). The number of ether oxygens (including phenoxy) is 2. The van der Waals surface area contributed by atoms with Crippen molar-refractivity contribution in [1.29, 1.82) is 0 Å². The lowest BCUT2D eigenvalue weighted by molar-refractivity contribution is -0.128. The van der Waals surface area contributed by atoms with Crippen LogP contribution >= 0.6 is 11.6 Å². The lowest BCUT2D eigenvalue weighted by Crippen LogP contribution is -2.39. The molecule has 7 heteroatoms. The zero-order chi connectivity index (χ0) is 17.3. The van der Waals surface area contributed by atoms with Gasteiger partial charge in [0.25, 0.3) is 5.91 Å². The molecule has 1 aliphatic rings. The summed E-state index contributed by atoms with van der Waals surface area (Å²) in [6.07, 6.45) is 4.38. The molecule has 0 unspecified atom stereocenters. The number of fused-ring (bicyclic) bond motifs is 1. The van der Waals surface area contributed by atoms with Gasteiger partial charge < -0.3 is 14.4 Å². The molecular formula is C17H20ClN3O3. The van der Waals surface area contributed by atoms with Crippen molar-refractivity contribution < 1.29 is 14.3 Å². The third-order valence-corrected chi connectivity index (χ3v) is 4.59. The van der Waals surface area contributed by atoms with Gasteiger partial charge in [-0.2, -0.15) is 5.10 Å². The van der Waals surface area contributed by atoms with E-state index in [1.54, 1.807) is 42.2 Å². The van der Waals surface area contributed by atoms with Gasteiger partial charge in [-0.3, -0.25) is 9.48 Å². The number of aryl methyl sites for hydroxylation is 1. The van der Waals surface area contributed by atoms with Crippen LogP contribution in [0.2, 0.25) is 5.02 Å². The summed E-state index contributed by atoms with van der Waals surface area (Å²) < 4.78 is 12.6. The van der Waals surface area contributed by atoms with Crippen molar-refractivity contribution in [2.75, 3.05) is 25.7 Å². The zero-order valence-corrected chi connectivity index (χ0v) is 14.7. The molecule has 128 valence electrons. The summed E-state index contributed by atoms with van der Waals surface area (Å²) in [6, 6.07) is 3.60. The van der Waals surface area contributed by atoms with Crippen molar-refractivity contribution in [1.82, 2.24) is 9.78 Å². The first-order valence-electron chi connectivity index (χ1n) is 7.75. The highest BCUT2D eigenvalue weighted by Gasteiger charge is 2.33. The Morgan fingerprint density at radius 2 is 2.17 bits per heavy atom. The smallest absolute Gasteiger partial charge is 0.260 e. The topological polar surface area (TPSA) is 56.6 Å². The number of rotatable bonds is 4. The molecule has 2 aromatic rings. The van der Waals surface area contributed by atoms with E-state index in [2.05, 4.69) is 5.10 Å². The molecule has 1 aromatic carbocycles. The van der Waals surface area contributed by atoms with E-state index >= 15 is 0 Å². The molecule has 2 heterocycles. The summed E-state index contributed by atoms with van der Waals surface area (Å²) in [4.78, 5) is 14.9. The highest BCUT2D eigenvalue weighted by Crippen LogP contribution is 2.41. The molecule has 1 aromatic heterocycles. The predicted molar refractivity (Wildman–Crippen MR) is 91.6 cm³/mol. The molecule has 0 spiro atoms. The maximum Gasteiger partial charge on any atom is 0.260 e. The molecule has 6 nitrogen and oxygen atoms in total. The van der Waals surface area contributed by atoms with Gasteiger partial charge in [-0.05, 0) is 30.5 Å². The number of hydrogen-bond acceptors (Lipinski definition) is 4. The van der Waals surface area contributed by atoms with Crippen LogP contribution in [0.1, 0.15) is 23.7 Å². The van der Waals surface area contributed by atoms with E-state index in [-0.39, 0.29) is 5.91 Å². The number of benzene rings is 1. The second-order valence-corrected chi connectivity index (χ2v) is 6.14. The van der Waals surface area contributed by atoms with Gasteiger partial charge >= 0.3 is 0 Å². The molecule has 0 bridgehead atoms. The summed E-state index contributed by atoms with van der Waals surface area (Å²) >= 11 is 6.34. The Morgan fingerprint density at radius 3 is 2.79 bits per heavy atom. The van der Waals surface area contributed by atoms with Crippen LogP contribution in [0.25, 0.3) is 0 Å². The Kier molecular flexibility index (Phi) is 4.78. The summed E-state index contributed by atoms with van der Waals surface area (Å²) in [6.45, 7) is 0.600. The number of methoxy groups -OCH3 is 2. The van der Waals surface area contributed by atoms with Gasteiger partial charge in [0.2, 0.25) is 0 Å². The number of carbonyl (C=O) groups is 1. The largest absolute Gasteiger partial charge is 0.495 e. The quantitative estimate of drug-likeness (QED) is 0.851. The monoisotopic (exact) mass is 349 g/mol. The fourth-order valence-electron chi connectivity index (χ4n) is 3.13. The fraction of sp³-hybridized carbons (Fsp3) is 0.412. The lowest BCUT2D eigenvalue weighted by atomic mass is 9.99. The molecule has 0 aliphatic carbocycles. The standard InChI is InChI=1S/C17H20ClN3O3/c1-20-10-11(9-19-20)16(24-3)17(22)21-8-4-5-12-13(18)6-7-14(23-2)15(12)21/h6-7,9-10,16H,4-5,8H2,1-3H3/t16-/m1/s1. The average Bonchev–Trinajstić information content (AvgIpc) is 3.01. The molecule has 0 saturated carbocycles. The maximum absolute atomic E-state index is 13.1. The SMILES string of the molecule is COc1ccc(Cl)c2c1N(C(=O)[C@H](OC)c1cnn(C)c1)CCC2. The molecule has 0 fully saturated rings.